The second-order valence-corrected chi connectivity index (χ2v) is 7.43. The van der Waals surface area contributed by atoms with Gasteiger partial charge < -0.3 is 4.74 Å². The standard InChI is InChI=1S/C18H16Cl2N4O6/c1-11(18(19,20)17(30-12(2)25)13-6-4-3-5-7-13)21-22-15-9-8-14(23(26)27)10-16(15)24(28)29/h3-10,17,22H,1-2H3. The minimum Gasteiger partial charge on any atom is -0.454 e. The number of hydrazone groups is 1. The molecular formula is C18H16Cl2N4O6. The van der Waals surface area contributed by atoms with Gasteiger partial charge in [0, 0.05) is 13.0 Å². The number of benzene rings is 2. The second-order valence-electron chi connectivity index (χ2n) is 6.05. The summed E-state index contributed by atoms with van der Waals surface area (Å²) in [5.74, 6) is -0.624. The molecule has 1 atom stereocenters. The fourth-order valence-electron chi connectivity index (χ4n) is 2.43. The highest BCUT2D eigenvalue weighted by Crippen LogP contribution is 2.40. The zero-order valence-corrected chi connectivity index (χ0v) is 17.3. The number of nitro groups is 2. The van der Waals surface area contributed by atoms with Gasteiger partial charge in [-0.3, -0.25) is 30.4 Å². The van der Waals surface area contributed by atoms with Crippen LogP contribution in [0.3, 0.4) is 0 Å². The first-order valence-electron chi connectivity index (χ1n) is 8.37. The lowest BCUT2D eigenvalue weighted by Crippen LogP contribution is -2.35. The molecule has 0 radical (unpaired) electrons. The van der Waals surface area contributed by atoms with Crippen molar-refractivity contribution in [2.75, 3.05) is 5.43 Å². The number of anilines is 1. The largest absolute Gasteiger partial charge is 0.454 e. The molecule has 2 rings (SSSR count). The van der Waals surface area contributed by atoms with Gasteiger partial charge in [0.1, 0.15) is 5.69 Å². The van der Waals surface area contributed by atoms with Gasteiger partial charge in [-0.05, 0) is 18.6 Å². The van der Waals surface area contributed by atoms with Crippen molar-refractivity contribution in [2.45, 2.75) is 24.3 Å². The minimum absolute atomic E-state index is 0.0357. The van der Waals surface area contributed by atoms with E-state index in [1.54, 1.807) is 30.3 Å². The molecule has 0 saturated carbocycles. The Hall–Kier alpha value is -3.24. The molecule has 0 fully saturated rings. The fraction of sp³-hybridized carbons (Fsp3) is 0.222. The highest BCUT2D eigenvalue weighted by molar-refractivity contribution is 6.59. The molecule has 0 saturated heterocycles. The molecule has 30 heavy (non-hydrogen) atoms. The minimum atomic E-state index is -1.82. The summed E-state index contributed by atoms with van der Waals surface area (Å²) < 4.78 is 3.46. The van der Waals surface area contributed by atoms with Gasteiger partial charge in [-0.1, -0.05) is 53.5 Å². The van der Waals surface area contributed by atoms with Crippen molar-refractivity contribution in [3.8, 4) is 0 Å². The summed E-state index contributed by atoms with van der Waals surface area (Å²) in [6.07, 6.45) is -1.11. The van der Waals surface area contributed by atoms with Crippen molar-refractivity contribution in [3.05, 3.63) is 74.3 Å². The Bertz CT molecular complexity index is 997. The van der Waals surface area contributed by atoms with Gasteiger partial charge in [0.05, 0.1) is 21.6 Å². The number of rotatable bonds is 8. The maximum absolute atomic E-state index is 11.6. The number of carbonyl (C=O) groups excluding carboxylic acids is 1. The van der Waals surface area contributed by atoms with Gasteiger partial charge in [-0.25, -0.2) is 0 Å². The van der Waals surface area contributed by atoms with Crippen LogP contribution >= 0.6 is 23.2 Å². The second kappa shape index (κ2) is 9.51. The lowest BCUT2D eigenvalue weighted by molar-refractivity contribution is -0.393. The summed E-state index contributed by atoms with van der Waals surface area (Å²) in [5, 5.41) is 26.1. The van der Waals surface area contributed by atoms with Crippen LogP contribution in [-0.2, 0) is 9.53 Å². The SMILES string of the molecule is CC(=O)OC(c1ccccc1)C(Cl)(Cl)C(C)=NNc1ccc([N+](=O)[O-])cc1[N+](=O)[O-]. The van der Waals surface area contributed by atoms with Crippen molar-refractivity contribution in [1.29, 1.82) is 0 Å². The van der Waals surface area contributed by atoms with E-state index < -0.39 is 37.6 Å². The van der Waals surface area contributed by atoms with E-state index >= 15 is 0 Å². The quantitative estimate of drug-likeness (QED) is 0.199. The van der Waals surface area contributed by atoms with E-state index in [0.29, 0.717) is 5.56 Å². The molecule has 0 aliphatic carbocycles. The van der Waals surface area contributed by atoms with Crippen molar-refractivity contribution in [1.82, 2.24) is 0 Å². The summed E-state index contributed by atoms with van der Waals surface area (Å²) in [4.78, 5) is 32.1. The van der Waals surface area contributed by atoms with E-state index in [2.05, 4.69) is 10.5 Å². The summed E-state index contributed by atoms with van der Waals surface area (Å²) in [5.41, 5.74) is 1.86. The molecule has 0 aliphatic rings. The lowest BCUT2D eigenvalue weighted by Gasteiger charge is -2.29. The topological polar surface area (TPSA) is 137 Å². The number of nitrogens with zero attached hydrogens (tertiary/aromatic N) is 3. The van der Waals surface area contributed by atoms with Gasteiger partial charge in [0.25, 0.3) is 5.69 Å². The van der Waals surface area contributed by atoms with E-state index in [1.807, 2.05) is 0 Å². The number of hydrogen-bond acceptors (Lipinski definition) is 8. The number of nitro benzene ring substituents is 2. The Morgan fingerprint density at radius 3 is 2.27 bits per heavy atom. The molecule has 2 aromatic rings. The van der Waals surface area contributed by atoms with Crippen LogP contribution in [0.2, 0.25) is 0 Å². The van der Waals surface area contributed by atoms with Gasteiger partial charge >= 0.3 is 11.7 Å². The zero-order valence-electron chi connectivity index (χ0n) is 15.7. The van der Waals surface area contributed by atoms with Crippen molar-refractivity contribution < 1.29 is 19.4 Å². The smallest absolute Gasteiger partial charge is 0.303 e. The van der Waals surface area contributed by atoms with E-state index in [4.69, 9.17) is 27.9 Å². The highest BCUT2D eigenvalue weighted by atomic mass is 35.5. The Kier molecular flexibility index (Phi) is 7.30. The predicted octanol–water partition coefficient (Wildman–Crippen LogP) is 4.77. The molecule has 0 aliphatic heterocycles. The summed E-state index contributed by atoms with van der Waals surface area (Å²) in [6, 6.07) is 11.5. The van der Waals surface area contributed by atoms with E-state index in [1.165, 1.54) is 13.8 Å². The number of carbonyl (C=O) groups is 1. The number of non-ortho nitro benzene ring substituents is 1. The monoisotopic (exact) mass is 454 g/mol. The van der Waals surface area contributed by atoms with Crippen LogP contribution < -0.4 is 5.43 Å². The molecule has 12 heteroatoms. The average molecular weight is 455 g/mol. The third kappa shape index (κ3) is 5.43. The fourth-order valence-corrected chi connectivity index (χ4v) is 2.86. The van der Waals surface area contributed by atoms with Crippen LogP contribution in [-0.4, -0.2) is 25.9 Å². The summed E-state index contributed by atoms with van der Waals surface area (Å²) >= 11 is 12.9. The Morgan fingerprint density at radius 1 is 1.10 bits per heavy atom. The van der Waals surface area contributed by atoms with Crippen LogP contribution in [0.25, 0.3) is 0 Å². The molecule has 2 aromatic carbocycles. The van der Waals surface area contributed by atoms with Gasteiger partial charge in [0.15, 0.2) is 10.4 Å². The summed E-state index contributed by atoms with van der Waals surface area (Å²) in [7, 11) is 0. The third-order valence-corrected chi connectivity index (χ3v) is 4.87. The van der Waals surface area contributed by atoms with Crippen molar-refractivity contribution >= 4 is 51.9 Å². The van der Waals surface area contributed by atoms with Crippen LogP contribution in [0.15, 0.2) is 53.6 Å². The molecule has 0 bridgehead atoms. The normalized spacial score (nSPS) is 12.7. The molecule has 1 unspecified atom stereocenters. The molecule has 0 aromatic heterocycles. The number of esters is 1. The lowest BCUT2D eigenvalue weighted by atomic mass is 10.0. The van der Waals surface area contributed by atoms with Crippen LogP contribution in [0.5, 0.6) is 0 Å². The Labute approximate surface area is 180 Å². The Balaban J connectivity index is 2.37. The first-order valence-corrected chi connectivity index (χ1v) is 9.13. The van der Waals surface area contributed by atoms with Gasteiger partial charge in [-0.15, -0.1) is 0 Å². The average Bonchev–Trinajstić information content (AvgIpc) is 2.70. The maximum Gasteiger partial charge on any atom is 0.303 e. The molecule has 0 spiro atoms. The van der Waals surface area contributed by atoms with E-state index in [-0.39, 0.29) is 11.4 Å². The van der Waals surface area contributed by atoms with Crippen molar-refractivity contribution in [3.63, 3.8) is 0 Å². The highest BCUT2D eigenvalue weighted by Gasteiger charge is 2.42. The molecule has 1 N–H and O–H groups in total. The number of ether oxygens (including phenoxy) is 1. The van der Waals surface area contributed by atoms with Gasteiger partial charge in [0.2, 0.25) is 0 Å². The molecule has 10 nitrogen and oxygen atoms in total. The molecular weight excluding hydrogens is 439 g/mol. The molecule has 158 valence electrons. The van der Waals surface area contributed by atoms with E-state index in [0.717, 1.165) is 18.2 Å². The Morgan fingerprint density at radius 2 is 1.73 bits per heavy atom. The number of nitrogens with one attached hydrogen (secondary N) is 1. The van der Waals surface area contributed by atoms with Crippen LogP contribution in [0.4, 0.5) is 17.1 Å². The molecule has 0 amide bonds. The maximum atomic E-state index is 11.6. The first-order chi connectivity index (χ1) is 14.0. The van der Waals surface area contributed by atoms with Gasteiger partial charge in [-0.2, -0.15) is 5.10 Å². The zero-order chi connectivity index (χ0) is 22.5. The van der Waals surface area contributed by atoms with Crippen molar-refractivity contribution in [2.24, 2.45) is 5.10 Å². The number of alkyl halides is 2. The van der Waals surface area contributed by atoms with Crippen LogP contribution in [0, 0.1) is 20.2 Å². The predicted molar refractivity (Wildman–Crippen MR) is 112 cm³/mol. The number of hydrogen-bond donors (Lipinski definition) is 1. The molecule has 0 heterocycles. The number of halogens is 2. The van der Waals surface area contributed by atoms with Crippen LogP contribution in [0.1, 0.15) is 25.5 Å². The van der Waals surface area contributed by atoms with E-state index in [9.17, 15) is 25.0 Å². The summed E-state index contributed by atoms with van der Waals surface area (Å²) in [6.45, 7) is 2.63. The third-order valence-electron chi connectivity index (χ3n) is 3.93. The first kappa shape index (κ1) is 23.0.